The van der Waals surface area contributed by atoms with Gasteiger partial charge in [0.2, 0.25) is 0 Å². The zero-order valence-electron chi connectivity index (χ0n) is 12.8. The second-order valence-electron chi connectivity index (χ2n) is 4.93. The molecule has 0 aliphatic heterocycles. The van der Waals surface area contributed by atoms with Gasteiger partial charge in [0.25, 0.3) is 10.0 Å². The number of hydrogen-bond acceptors (Lipinski definition) is 4. The molecule has 0 fully saturated rings. The summed E-state index contributed by atoms with van der Waals surface area (Å²) in [6, 6.07) is 17.7. The Bertz CT molecular complexity index is 807. The Hall–Kier alpha value is -2.65. The zero-order valence-corrected chi connectivity index (χ0v) is 13.6. The highest BCUT2D eigenvalue weighted by atomic mass is 32.2. The van der Waals surface area contributed by atoms with Crippen molar-refractivity contribution in [1.82, 2.24) is 4.41 Å². The quantitative estimate of drug-likeness (QED) is 0.605. The van der Waals surface area contributed by atoms with Crippen LogP contribution in [0.5, 0.6) is 0 Å². The minimum Gasteiger partial charge on any atom is -0.200 e. The van der Waals surface area contributed by atoms with Gasteiger partial charge in [-0.2, -0.15) is 23.2 Å². The highest BCUT2D eigenvalue weighted by Crippen LogP contribution is 2.17. The van der Waals surface area contributed by atoms with Gasteiger partial charge in [-0.05, 0) is 24.6 Å². The molecule has 23 heavy (non-hydrogen) atoms. The Balaban J connectivity index is 2.32. The maximum Gasteiger partial charge on any atom is 0.279 e. The molecular formula is C17H17N3O2S. The standard InChI is InChI=1S/C17H17N3O2S/c1-15-8-10-17(11-9-15)23(21,22)20(13-5-12-18)19-14-16-6-3-2-4-7-16/h2-4,6-11,14H,5,13H2,1H3/b19-14+. The van der Waals surface area contributed by atoms with Crippen LogP contribution in [0.25, 0.3) is 0 Å². The molecule has 2 rings (SSSR count). The van der Waals surface area contributed by atoms with Gasteiger partial charge in [0.05, 0.1) is 30.1 Å². The number of sulfonamides is 1. The molecule has 0 unspecified atom stereocenters. The van der Waals surface area contributed by atoms with Crippen LogP contribution >= 0.6 is 0 Å². The maximum absolute atomic E-state index is 12.7. The molecule has 118 valence electrons. The lowest BCUT2D eigenvalue weighted by Crippen LogP contribution is -2.27. The largest absolute Gasteiger partial charge is 0.279 e. The normalized spacial score (nSPS) is 11.3. The SMILES string of the molecule is Cc1ccc(S(=O)(=O)N(CCC#N)/N=C/c2ccccc2)cc1. The van der Waals surface area contributed by atoms with Crippen molar-refractivity contribution in [3.05, 3.63) is 65.7 Å². The van der Waals surface area contributed by atoms with Crippen molar-refractivity contribution in [2.24, 2.45) is 5.10 Å². The first kappa shape index (κ1) is 16.7. The Kier molecular flexibility index (Phi) is 5.50. The molecule has 0 spiro atoms. The second-order valence-corrected chi connectivity index (χ2v) is 6.77. The third kappa shape index (κ3) is 4.41. The fourth-order valence-corrected chi connectivity index (χ4v) is 3.11. The second kappa shape index (κ2) is 7.56. The summed E-state index contributed by atoms with van der Waals surface area (Å²) in [5.74, 6) is 0. The number of benzene rings is 2. The summed E-state index contributed by atoms with van der Waals surface area (Å²) < 4.78 is 26.3. The molecule has 0 atom stereocenters. The van der Waals surface area contributed by atoms with E-state index in [0.717, 1.165) is 15.5 Å². The monoisotopic (exact) mass is 327 g/mol. The van der Waals surface area contributed by atoms with E-state index in [1.54, 1.807) is 24.3 Å². The average molecular weight is 327 g/mol. The molecule has 6 heteroatoms. The van der Waals surface area contributed by atoms with E-state index in [1.807, 2.05) is 43.3 Å². The van der Waals surface area contributed by atoms with E-state index in [9.17, 15) is 8.42 Å². The molecule has 2 aromatic rings. The molecule has 0 saturated carbocycles. The topological polar surface area (TPSA) is 73.5 Å². The van der Waals surface area contributed by atoms with Crippen LogP contribution in [-0.2, 0) is 10.0 Å². The molecule has 0 aromatic heterocycles. The molecular weight excluding hydrogens is 310 g/mol. The number of nitriles is 1. The van der Waals surface area contributed by atoms with E-state index in [-0.39, 0.29) is 17.9 Å². The van der Waals surface area contributed by atoms with Crippen LogP contribution in [0, 0.1) is 18.3 Å². The fraction of sp³-hybridized carbons (Fsp3) is 0.176. The fourth-order valence-electron chi connectivity index (χ4n) is 1.89. The molecule has 0 N–H and O–H groups in total. The molecule has 0 aliphatic rings. The Labute approximate surface area is 136 Å². The van der Waals surface area contributed by atoms with Gasteiger partial charge < -0.3 is 0 Å². The third-order valence-corrected chi connectivity index (χ3v) is 4.85. The first-order chi connectivity index (χ1) is 11.0. The summed E-state index contributed by atoms with van der Waals surface area (Å²) in [5.41, 5.74) is 1.76. The third-order valence-electron chi connectivity index (χ3n) is 3.15. The van der Waals surface area contributed by atoms with Crippen molar-refractivity contribution >= 4 is 16.2 Å². The van der Waals surface area contributed by atoms with Crippen molar-refractivity contribution in [2.75, 3.05) is 6.54 Å². The summed E-state index contributed by atoms with van der Waals surface area (Å²) in [4.78, 5) is 0.159. The molecule has 0 aliphatic carbocycles. The van der Waals surface area contributed by atoms with E-state index in [1.165, 1.54) is 6.21 Å². The Morgan fingerprint density at radius 1 is 1.13 bits per heavy atom. The molecule has 5 nitrogen and oxygen atoms in total. The van der Waals surface area contributed by atoms with Gasteiger partial charge in [-0.1, -0.05) is 48.0 Å². The van der Waals surface area contributed by atoms with E-state index in [2.05, 4.69) is 5.10 Å². The predicted octanol–water partition coefficient (Wildman–Crippen LogP) is 2.93. The van der Waals surface area contributed by atoms with Crippen LogP contribution in [0.4, 0.5) is 0 Å². The number of hydrogen-bond donors (Lipinski definition) is 0. The van der Waals surface area contributed by atoms with Crippen LogP contribution < -0.4 is 0 Å². The van der Waals surface area contributed by atoms with Gasteiger partial charge in [0.15, 0.2) is 0 Å². The predicted molar refractivity (Wildman–Crippen MR) is 89.3 cm³/mol. The summed E-state index contributed by atoms with van der Waals surface area (Å²) >= 11 is 0. The van der Waals surface area contributed by atoms with Crippen LogP contribution in [0.1, 0.15) is 17.5 Å². The molecule has 0 amide bonds. The summed E-state index contributed by atoms with van der Waals surface area (Å²) in [6.45, 7) is 1.90. The van der Waals surface area contributed by atoms with Crippen LogP contribution in [0.3, 0.4) is 0 Å². The van der Waals surface area contributed by atoms with Gasteiger partial charge >= 0.3 is 0 Å². The van der Waals surface area contributed by atoms with E-state index in [4.69, 9.17) is 5.26 Å². The van der Waals surface area contributed by atoms with Crippen molar-refractivity contribution in [2.45, 2.75) is 18.2 Å². The van der Waals surface area contributed by atoms with Gasteiger partial charge in [-0.3, -0.25) is 0 Å². The lowest BCUT2D eigenvalue weighted by atomic mass is 10.2. The van der Waals surface area contributed by atoms with Crippen molar-refractivity contribution < 1.29 is 8.42 Å². The molecule has 0 bridgehead atoms. The lowest BCUT2D eigenvalue weighted by Gasteiger charge is -2.18. The average Bonchev–Trinajstić information content (AvgIpc) is 2.56. The first-order valence-electron chi connectivity index (χ1n) is 7.09. The first-order valence-corrected chi connectivity index (χ1v) is 8.53. The minimum atomic E-state index is -3.78. The van der Waals surface area contributed by atoms with Crippen molar-refractivity contribution in [1.29, 1.82) is 5.26 Å². The van der Waals surface area contributed by atoms with Gasteiger partial charge in [-0.15, -0.1) is 0 Å². The summed E-state index contributed by atoms with van der Waals surface area (Å²) in [7, 11) is -3.78. The zero-order chi connectivity index (χ0) is 16.7. The van der Waals surface area contributed by atoms with E-state index >= 15 is 0 Å². The number of aryl methyl sites for hydroxylation is 1. The van der Waals surface area contributed by atoms with Crippen LogP contribution in [0.2, 0.25) is 0 Å². The minimum absolute atomic E-state index is 0.00996. The van der Waals surface area contributed by atoms with Crippen molar-refractivity contribution in [3.63, 3.8) is 0 Å². The Morgan fingerprint density at radius 2 is 1.78 bits per heavy atom. The van der Waals surface area contributed by atoms with Gasteiger partial charge in [0.1, 0.15) is 0 Å². The van der Waals surface area contributed by atoms with Gasteiger partial charge in [-0.25, -0.2) is 0 Å². The van der Waals surface area contributed by atoms with E-state index < -0.39 is 10.0 Å². The van der Waals surface area contributed by atoms with Crippen LogP contribution in [-0.4, -0.2) is 25.6 Å². The highest BCUT2D eigenvalue weighted by Gasteiger charge is 2.22. The van der Waals surface area contributed by atoms with Crippen molar-refractivity contribution in [3.8, 4) is 6.07 Å². The van der Waals surface area contributed by atoms with Gasteiger partial charge in [0, 0.05) is 0 Å². The molecule has 0 radical (unpaired) electrons. The smallest absolute Gasteiger partial charge is 0.200 e. The molecule has 0 heterocycles. The lowest BCUT2D eigenvalue weighted by molar-refractivity contribution is 0.439. The van der Waals surface area contributed by atoms with Crippen LogP contribution in [0.15, 0.2) is 64.6 Å². The molecule has 2 aromatic carbocycles. The molecule has 0 saturated heterocycles. The number of nitrogens with zero attached hydrogens (tertiary/aromatic N) is 3. The summed E-state index contributed by atoms with van der Waals surface area (Å²) in [6.07, 6.45) is 1.54. The van der Waals surface area contributed by atoms with E-state index in [0.29, 0.717) is 0 Å². The number of hydrazone groups is 1. The highest BCUT2D eigenvalue weighted by molar-refractivity contribution is 7.89. The maximum atomic E-state index is 12.7. The summed E-state index contributed by atoms with van der Waals surface area (Å²) in [5, 5.41) is 12.8. The Morgan fingerprint density at radius 3 is 2.39 bits per heavy atom. The number of rotatable bonds is 6.